The molecule has 1 atom stereocenters. The van der Waals surface area contributed by atoms with Gasteiger partial charge in [-0.1, -0.05) is 33.1 Å². The van der Waals surface area contributed by atoms with Crippen LogP contribution in [0.4, 0.5) is 0 Å². The van der Waals surface area contributed by atoms with Gasteiger partial charge in [0.2, 0.25) is 0 Å². The van der Waals surface area contributed by atoms with Crippen molar-refractivity contribution in [2.24, 2.45) is 4.99 Å². The molecule has 2 rings (SSSR count). The second-order valence-electron chi connectivity index (χ2n) is 6.97. The van der Waals surface area contributed by atoms with Crippen molar-refractivity contribution in [3.63, 3.8) is 0 Å². The quantitative estimate of drug-likeness (QED) is 0.863. The highest BCUT2D eigenvalue weighted by atomic mass is 16.2. The molecule has 0 saturated carbocycles. The number of aromatic nitrogens is 1. The molecule has 5 heteroatoms. The lowest BCUT2D eigenvalue weighted by Crippen LogP contribution is -2.46. The topological polar surface area (TPSA) is 51.7 Å². The van der Waals surface area contributed by atoms with Crippen molar-refractivity contribution in [1.82, 2.24) is 14.8 Å². The smallest absolute Gasteiger partial charge is 0.252 e. The minimum atomic E-state index is 0.0299. The van der Waals surface area contributed by atoms with Gasteiger partial charge in [0.25, 0.3) is 5.91 Å². The van der Waals surface area contributed by atoms with Crippen LogP contribution in [0.15, 0.2) is 29.0 Å². The SMILES string of the molecule is CCCCC(CCC)N1CN(C)C(=O)/C(C)=C/N=c2/[nH]cc/c2=C\1C. The summed E-state index contributed by atoms with van der Waals surface area (Å²) < 4.78 is 0. The van der Waals surface area contributed by atoms with E-state index in [1.54, 1.807) is 11.1 Å². The molecule has 0 aromatic carbocycles. The van der Waals surface area contributed by atoms with Crippen LogP contribution in [0.25, 0.3) is 5.70 Å². The highest BCUT2D eigenvalue weighted by molar-refractivity contribution is 5.92. The number of nitrogens with zero attached hydrogens (tertiary/aromatic N) is 3. The van der Waals surface area contributed by atoms with Gasteiger partial charge in [0.05, 0.1) is 6.67 Å². The van der Waals surface area contributed by atoms with Crippen molar-refractivity contribution in [1.29, 1.82) is 0 Å². The molecular formula is C20H32N4O. The molecule has 1 aliphatic rings. The second-order valence-corrected chi connectivity index (χ2v) is 6.97. The zero-order chi connectivity index (χ0) is 18.4. The first kappa shape index (κ1) is 19.3. The Morgan fingerprint density at radius 3 is 2.68 bits per heavy atom. The predicted molar refractivity (Wildman–Crippen MR) is 102 cm³/mol. The molecule has 25 heavy (non-hydrogen) atoms. The van der Waals surface area contributed by atoms with E-state index >= 15 is 0 Å². The van der Waals surface area contributed by atoms with Gasteiger partial charge in [0.1, 0.15) is 5.49 Å². The molecule has 5 nitrogen and oxygen atoms in total. The molecule has 0 aliphatic carbocycles. The first-order valence-electron chi connectivity index (χ1n) is 9.40. The maximum absolute atomic E-state index is 12.6. The van der Waals surface area contributed by atoms with E-state index in [4.69, 9.17) is 0 Å². The Morgan fingerprint density at radius 2 is 2.00 bits per heavy atom. The monoisotopic (exact) mass is 344 g/mol. The summed E-state index contributed by atoms with van der Waals surface area (Å²) in [4.78, 5) is 24.5. The Balaban J connectivity index is 2.57. The van der Waals surface area contributed by atoms with Crippen LogP contribution in [0.5, 0.6) is 0 Å². The summed E-state index contributed by atoms with van der Waals surface area (Å²) in [6, 6.07) is 2.52. The highest BCUT2D eigenvalue weighted by Crippen LogP contribution is 2.20. The van der Waals surface area contributed by atoms with Gasteiger partial charge < -0.3 is 14.8 Å². The van der Waals surface area contributed by atoms with Gasteiger partial charge in [0.15, 0.2) is 0 Å². The van der Waals surface area contributed by atoms with Gasteiger partial charge >= 0.3 is 0 Å². The van der Waals surface area contributed by atoms with Crippen LogP contribution < -0.4 is 10.7 Å². The number of fused-ring (bicyclic) bond motifs is 1. The summed E-state index contributed by atoms with van der Waals surface area (Å²) in [7, 11) is 1.88. The minimum Gasteiger partial charge on any atom is -0.354 e. The average Bonchev–Trinajstić information content (AvgIpc) is 3.07. The first-order chi connectivity index (χ1) is 12.0. The van der Waals surface area contributed by atoms with Crippen molar-refractivity contribution < 1.29 is 4.79 Å². The second kappa shape index (κ2) is 8.88. The number of hydrogen-bond acceptors (Lipinski definition) is 3. The maximum atomic E-state index is 12.6. The average molecular weight is 345 g/mol. The molecule has 0 spiro atoms. The standard InChI is InChI=1S/C20H32N4O/c1-6-8-10-17(9-7-2)24-14-23(5)20(25)15(3)13-22-19-18(16(24)4)11-12-21-19/h11-13,17H,6-10,14H2,1-5H3,(H,21,22)/b15-13+,18-16+. The fourth-order valence-corrected chi connectivity index (χ4v) is 3.45. The highest BCUT2D eigenvalue weighted by Gasteiger charge is 2.23. The third-order valence-corrected chi connectivity index (χ3v) is 4.94. The summed E-state index contributed by atoms with van der Waals surface area (Å²) >= 11 is 0. The Morgan fingerprint density at radius 1 is 1.24 bits per heavy atom. The van der Waals surface area contributed by atoms with E-state index in [2.05, 4.69) is 41.7 Å². The van der Waals surface area contributed by atoms with Crippen molar-refractivity contribution >= 4 is 11.6 Å². The van der Waals surface area contributed by atoms with E-state index in [0.29, 0.717) is 18.3 Å². The molecule has 138 valence electrons. The predicted octanol–water partition coefficient (Wildman–Crippen LogP) is 2.76. The number of rotatable bonds is 6. The molecule has 0 bridgehead atoms. The normalized spacial score (nSPS) is 22.7. The number of carbonyl (C=O) groups excluding carboxylic acids is 1. The van der Waals surface area contributed by atoms with Gasteiger partial charge in [-0.15, -0.1) is 0 Å². The number of unbranched alkanes of at least 4 members (excludes halogenated alkanes) is 1. The third-order valence-electron chi connectivity index (χ3n) is 4.94. The number of hydrogen-bond donors (Lipinski definition) is 1. The molecule has 0 radical (unpaired) electrons. The zero-order valence-electron chi connectivity index (χ0n) is 16.3. The van der Waals surface area contributed by atoms with Gasteiger partial charge in [-0.2, -0.15) is 0 Å². The molecule has 1 amide bonds. The van der Waals surface area contributed by atoms with Crippen LogP contribution in [0.1, 0.15) is 59.8 Å². The van der Waals surface area contributed by atoms with Crippen LogP contribution in [0.3, 0.4) is 0 Å². The molecule has 1 aromatic heterocycles. The lowest BCUT2D eigenvalue weighted by molar-refractivity contribution is -0.127. The first-order valence-corrected chi connectivity index (χ1v) is 9.40. The van der Waals surface area contributed by atoms with Crippen molar-refractivity contribution in [2.45, 2.75) is 65.8 Å². The molecule has 0 fully saturated rings. The molecule has 1 unspecified atom stereocenters. The molecule has 1 aliphatic heterocycles. The van der Waals surface area contributed by atoms with E-state index in [1.165, 1.54) is 18.5 Å². The molecule has 1 aromatic rings. The summed E-state index contributed by atoms with van der Waals surface area (Å²) in [6.45, 7) is 9.04. The number of aromatic amines is 1. The fraction of sp³-hybridized carbons (Fsp3) is 0.600. The van der Waals surface area contributed by atoms with Crippen molar-refractivity contribution in [2.75, 3.05) is 13.7 Å². The number of H-pyrrole nitrogens is 1. The maximum Gasteiger partial charge on any atom is 0.252 e. The molecule has 1 N–H and O–H groups in total. The van der Waals surface area contributed by atoms with Crippen molar-refractivity contribution in [3.05, 3.63) is 34.7 Å². The van der Waals surface area contributed by atoms with E-state index in [1.807, 2.05) is 20.2 Å². The minimum absolute atomic E-state index is 0.0299. The largest absolute Gasteiger partial charge is 0.354 e. The Hall–Kier alpha value is -2.04. The number of nitrogens with one attached hydrogen (secondary N) is 1. The third kappa shape index (κ3) is 4.53. The van der Waals surface area contributed by atoms with Crippen molar-refractivity contribution in [3.8, 4) is 0 Å². The van der Waals surface area contributed by atoms with E-state index < -0.39 is 0 Å². The Labute approximate surface area is 151 Å². The fourth-order valence-electron chi connectivity index (χ4n) is 3.45. The van der Waals surface area contributed by atoms with Crippen LogP contribution in [0, 0.1) is 0 Å². The van der Waals surface area contributed by atoms with Gasteiger partial charge in [-0.3, -0.25) is 4.79 Å². The molecular weight excluding hydrogens is 312 g/mol. The van der Waals surface area contributed by atoms with E-state index in [0.717, 1.165) is 30.0 Å². The Kier molecular flexibility index (Phi) is 6.85. The number of likely N-dealkylation sites (N-methyl/N-ethyl adjacent to an activating group) is 1. The van der Waals surface area contributed by atoms with Gasteiger partial charge in [-0.05, 0) is 32.8 Å². The summed E-state index contributed by atoms with van der Waals surface area (Å²) in [5.74, 6) is 0.0299. The Bertz CT molecular complexity index is 731. The number of carbonyl (C=O) groups is 1. The van der Waals surface area contributed by atoms with Crippen LogP contribution in [-0.4, -0.2) is 40.4 Å². The zero-order valence-corrected chi connectivity index (χ0v) is 16.3. The van der Waals surface area contributed by atoms with E-state index in [-0.39, 0.29) is 5.91 Å². The summed E-state index contributed by atoms with van der Waals surface area (Å²) in [6.07, 6.45) is 9.39. The summed E-state index contributed by atoms with van der Waals surface area (Å²) in [5.41, 5.74) is 2.66. The van der Waals surface area contributed by atoms with Crippen LogP contribution in [0.2, 0.25) is 0 Å². The number of amides is 1. The molecule has 2 heterocycles. The van der Waals surface area contributed by atoms with E-state index in [9.17, 15) is 4.79 Å². The molecule has 0 saturated heterocycles. The summed E-state index contributed by atoms with van der Waals surface area (Å²) in [5, 5.41) is 1.12. The van der Waals surface area contributed by atoms with Gasteiger partial charge in [0, 0.05) is 42.0 Å². The van der Waals surface area contributed by atoms with Crippen LogP contribution >= 0.6 is 0 Å². The lowest BCUT2D eigenvalue weighted by Gasteiger charge is -2.37. The van der Waals surface area contributed by atoms with Gasteiger partial charge in [-0.25, -0.2) is 4.99 Å². The lowest BCUT2D eigenvalue weighted by atomic mass is 10.0. The van der Waals surface area contributed by atoms with Crippen LogP contribution in [-0.2, 0) is 4.79 Å².